The fraction of sp³-hybridized carbons (Fsp3) is 0.720. The van der Waals surface area contributed by atoms with E-state index in [2.05, 4.69) is 36.9 Å². The van der Waals surface area contributed by atoms with Gasteiger partial charge in [-0.25, -0.2) is 5.84 Å². The molecule has 1 aromatic heterocycles. The van der Waals surface area contributed by atoms with Crippen molar-refractivity contribution in [1.29, 1.82) is 0 Å². The summed E-state index contributed by atoms with van der Waals surface area (Å²) in [6.07, 6.45) is -4.22. The molecule has 662 valence electrons. The molecule has 12 atom stereocenters. The molecule has 40 nitrogen and oxygen atoms in total. The van der Waals surface area contributed by atoms with Crippen LogP contribution in [0.4, 0.5) is 0 Å². The summed E-state index contributed by atoms with van der Waals surface area (Å²) in [6, 6.07) is -3.68. The summed E-state index contributed by atoms with van der Waals surface area (Å²) in [6.45, 7) is 12.0. The first kappa shape index (κ1) is 99.9. The Hall–Kier alpha value is -7.63. The predicted octanol–water partition coefficient (Wildman–Crippen LogP) is -3.82. The van der Waals surface area contributed by atoms with Crippen LogP contribution >= 0.6 is 11.8 Å². The number of primary amides is 1. The molecule has 3 aliphatic heterocycles. The summed E-state index contributed by atoms with van der Waals surface area (Å²) in [7, 11) is -0.969. The zero-order valence-corrected chi connectivity index (χ0v) is 69.1. The molecule has 5 rings (SSSR count). The van der Waals surface area contributed by atoms with Gasteiger partial charge in [0.05, 0.1) is 238 Å². The van der Waals surface area contributed by atoms with Crippen LogP contribution in [0.2, 0.25) is 0 Å². The van der Waals surface area contributed by atoms with Crippen molar-refractivity contribution in [2.24, 2.45) is 46.9 Å². The van der Waals surface area contributed by atoms with E-state index in [1.165, 1.54) is 43.9 Å². The number of carboxylic acids is 1. The molecule has 17 N–H and O–H groups in total. The molecule has 0 radical (unpaired) electrons. The maximum Gasteiger partial charge on any atom is 0.304 e. The zero-order chi connectivity index (χ0) is 85.6. The van der Waals surface area contributed by atoms with Crippen LogP contribution in [0.5, 0.6) is 5.75 Å². The maximum atomic E-state index is 15.4. The molecule has 2 bridgehead atoms. The number of hydrogen-bond acceptors (Lipinski definition) is 31. The van der Waals surface area contributed by atoms with Crippen LogP contribution in [-0.2, 0) is 128 Å². The molecule has 1 aromatic carbocycles. The number of nitrogens with two attached hydrogens (primary N) is 3. The lowest BCUT2D eigenvalue weighted by molar-refractivity contribution is -0.144. The summed E-state index contributed by atoms with van der Waals surface area (Å²) in [5, 5.41) is 57.8. The summed E-state index contributed by atoms with van der Waals surface area (Å²) in [5.41, 5.74) is 12.9. The van der Waals surface area contributed by atoms with Crippen molar-refractivity contribution >= 4 is 98.3 Å². The number of ketones is 2. The number of carbonyl (C=O) groups excluding carboxylic acids is 10. The van der Waals surface area contributed by atoms with Gasteiger partial charge in [0.1, 0.15) is 28.9 Å². The smallest absolute Gasteiger partial charge is 0.304 e. The van der Waals surface area contributed by atoms with Crippen molar-refractivity contribution in [2.75, 3.05) is 203 Å². The number of thioether (sulfide) groups is 1. The monoisotopic (exact) mass is 1700 g/mol. The Balaban J connectivity index is 1.04. The van der Waals surface area contributed by atoms with Gasteiger partial charge in [-0.05, 0) is 30.0 Å². The molecule has 117 heavy (non-hydrogen) atoms. The Kier molecular flexibility index (Phi) is 47.8. The Morgan fingerprint density at radius 2 is 1.25 bits per heavy atom. The summed E-state index contributed by atoms with van der Waals surface area (Å²) >= 11 is 1.45. The van der Waals surface area contributed by atoms with Gasteiger partial charge in [-0.2, -0.15) is 11.8 Å². The second kappa shape index (κ2) is 56.0. The molecule has 0 aliphatic carbocycles. The number of hydrazine groups is 1. The van der Waals surface area contributed by atoms with Gasteiger partial charge in [0.25, 0.3) is 0 Å². The molecule has 1 saturated heterocycles. The number of rotatable bonds is 52. The average Bonchev–Trinajstić information content (AvgIpc) is 1.62. The van der Waals surface area contributed by atoms with Crippen molar-refractivity contribution in [3.05, 3.63) is 35.2 Å². The summed E-state index contributed by atoms with van der Waals surface area (Å²) in [5.74, 6) is -8.49. The molecule has 0 spiro atoms. The van der Waals surface area contributed by atoms with E-state index < -0.39 is 199 Å². The molecule has 3 aliphatic rings. The predicted molar refractivity (Wildman–Crippen MR) is 422 cm³/mol. The number of aliphatic hydroxyl groups is 3. The van der Waals surface area contributed by atoms with Gasteiger partial charge in [-0.3, -0.25) is 56.9 Å². The van der Waals surface area contributed by atoms with Crippen LogP contribution in [0, 0.1) is 29.6 Å². The lowest BCUT2D eigenvalue weighted by Crippen LogP contribution is -2.60. The number of aliphatic carboxylic acids is 1. The second-order valence-corrected chi connectivity index (χ2v) is 30.7. The molecular weight excluding hydrogens is 1580 g/mol. The number of nitrogens with zero attached hydrogens (tertiary/aromatic N) is 2. The van der Waals surface area contributed by atoms with Crippen molar-refractivity contribution in [1.82, 2.24) is 46.8 Å². The Morgan fingerprint density at radius 3 is 1.77 bits per heavy atom. The molecular formula is C75H122N12O28S2. The van der Waals surface area contributed by atoms with E-state index in [4.69, 9.17) is 79.3 Å². The van der Waals surface area contributed by atoms with E-state index in [9.17, 15) is 63.3 Å². The molecule has 3 unspecified atom stereocenters. The number of aromatic amines is 1. The number of hydrogen-bond donors (Lipinski definition) is 14. The van der Waals surface area contributed by atoms with Crippen LogP contribution in [-0.4, -0.2) is 344 Å². The third kappa shape index (κ3) is 36.9. The first-order valence-corrected chi connectivity index (χ1v) is 41.7. The number of ether oxygens (including phenoxy) is 12. The highest BCUT2D eigenvalue weighted by Crippen LogP contribution is 2.37. The lowest BCUT2D eigenvalue weighted by Gasteiger charge is -2.32. The van der Waals surface area contributed by atoms with Gasteiger partial charge in [-0.1, -0.05) is 34.1 Å². The molecule has 8 amide bonds. The van der Waals surface area contributed by atoms with Gasteiger partial charge < -0.3 is 136 Å². The lowest BCUT2D eigenvalue weighted by atomic mass is 9.85. The quantitative estimate of drug-likeness (QED) is 0.0171. The second-order valence-electron chi connectivity index (χ2n) is 28.1. The van der Waals surface area contributed by atoms with Crippen LogP contribution in [0.1, 0.15) is 77.3 Å². The SMILES string of the molecule is CC[C@H](C)[C@@H]1CC(=O)CNC(=O)[C@H]2CC(=O)[C@H]([C@@H](C)[C@@H](O)CO)NC(=O)[C@@H]3C[C@@H](O)CN3C(=O)[C@H](CC(N)=O)NC(=O)C(CS(=O)c3[nH]c4c(CSCCOCCOCCOCCOCCOCCOCCOCCOCCOCCOCCOCCN(N)/C=C(\N)CNC(=O)C(C)CC(=O)O)c(OC)ccc4c3C2)NC(=O)CNC1=O. The topological polar surface area (TPSA) is 569 Å². The van der Waals surface area contributed by atoms with Crippen molar-refractivity contribution < 1.29 is 134 Å². The third-order valence-electron chi connectivity index (χ3n) is 19.2. The standard InChI is InChI=1S/C75H122N12O28S2/c1-6-47(2)55-36-52(89)40-80-70(98)50-34-56-54-7-8-63(104-5)57(68(54)85-74(56)117(103)46-59(82-65(94)41-81-71(55)99)72(100)83-58(38-64(77)93)75(102)87-43-53(90)37-60(87)73(101)84-67(61(91)35-50)49(4)62(92)44-88)45-116-32-31-115-30-29-114-28-27-113-26-25-112-24-23-111-22-21-110-20-19-109-18-17-108-16-15-107-14-13-106-12-11-105-10-9-86(78)42-51(76)39-79-69(97)48(3)33-66(95)96/h7-8,42,47-50,53,55,58-60,62,67,85,88,90,92H,6,9-41,43-46,76,78H2,1-5H3,(H2,77,93)(H,79,97)(H,80,98)(H,81,99)(H,82,94)(H,83,100)(H,84,101)(H,95,96)/b51-42-/t47-,48?,49-,50+,53+,55-,58-,59?,60-,62-,67-,117?/m0/s1. The van der Waals surface area contributed by atoms with E-state index in [-0.39, 0.29) is 48.9 Å². The molecule has 4 heterocycles. The molecule has 2 aromatic rings. The Bertz CT molecular complexity index is 3510. The highest BCUT2D eigenvalue weighted by Gasteiger charge is 2.45. The van der Waals surface area contributed by atoms with Gasteiger partial charge in [0, 0.05) is 83.8 Å². The fourth-order valence-electron chi connectivity index (χ4n) is 12.5. The van der Waals surface area contributed by atoms with Crippen LogP contribution < -0.4 is 53.9 Å². The van der Waals surface area contributed by atoms with Gasteiger partial charge >= 0.3 is 5.97 Å². The zero-order valence-electron chi connectivity index (χ0n) is 67.5. The van der Waals surface area contributed by atoms with Crippen LogP contribution in [0.25, 0.3) is 10.9 Å². The minimum atomic E-state index is -2.42. The van der Waals surface area contributed by atoms with E-state index >= 15 is 9.00 Å². The number of H-pyrrole nitrogens is 1. The van der Waals surface area contributed by atoms with Crippen LogP contribution in [0.15, 0.2) is 29.1 Å². The number of nitrogens with one attached hydrogen (secondary N) is 7. The summed E-state index contributed by atoms with van der Waals surface area (Å²) < 4.78 is 82.7. The Morgan fingerprint density at radius 1 is 0.709 bits per heavy atom. The average molecular weight is 1700 g/mol. The molecule has 42 heteroatoms. The largest absolute Gasteiger partial charge is 0.496 e. The number of aromatic nitrogens is 1. The first-order valence-electron chi connectivity index (χ1n) is 39.2. The normalized spacial score (nSPS) is 21.4. The minimum absolute atomic E-state index is 0.0300. The number of carbonyl (C=O) groups is 11. The highest BCUT2D eigenvalue weighted by atomic mass is 32.2. The van der Waals surface area contributed by atoms with Gasteiger partial charge in [-0.15, -0.1) is 0 Å². The first-order chi connectivity index (χ1) is 56.2. The van der Waals surface area contributed by atoms with E-state index in [0.717, 1.165) is 4.90 Å². The van der Waals surface area contributed by atoms with Crippen molar-refractivity contribution in [3.63, 3.8) is 0 Å². The number of fused-ring (bicyclic) bond motifs is 5. The summed E-state index contributed by atoms with van der Waals surface area (Å²) in [4.78, 5) is 155. The van der Waals surface area contributed by atoms with Gasteiger partial charge in [0.15, 0.2) is 11.6 Å². The minimum Gasteiger partial charge on any atom is -0.496 e. The molecule has 0 saturated carbocycles. The number of Topliss-reactive ketones (excluding diaryl/α,β-unsaturated/α-hetero) is 2. The number of aliphatic hydroxyl groups excluding tert-OH is 3. The fourth-order valence-corrected chi connectivity index (χ4v) is 14.8. The van der Waals surface area contributed by atoms with E-state index in [1.54, 1.807) is 26.0 Å². The molecule has 1 fully saturated rings. The van der Waals surface area contributed by atoms with E-state index in [0.29, 0.717) is 179 Å². The third-order valence-corrected chi connectivity index (χ3v) is 21.6. The van der Waals surface area contributed by atoms with Gasteiger partial charge in [0.2, 0.25) is 47.3 Å². The Labute approximate surface area is 687 Å². The number of methoxy groups -OCH3 is 1. The number of carboxylic acid groups (broad SMARTS) is 1. The maximum absolute atomic E-state index is 15.4. The number of amides is 8. The van der Waals surface area contributed by atoms with Crippen LogP contribution in [0.3, 0.4) is 0 Å². The van der Waals surface area contributed by atoms with Crippen molar-refractivity contribution in [2.45, 2.75) is 120 Å². The van der Waals surface area contributed by atoms with E-state index in [1.807, 2.05) is 0 Å². The van der Waals surface area contributed by atoms with Crippen molar-refractivity contribution in [3.8, 4) is 5.75 Å². The highest BCUT2D eigenvalue weighted by molar-refractivity contribution is 7.98. The number of benzene rings is 1.